The number of hydrogen-bond donors (Lipinski definition) is 2. The molecule has 0 bridgehead atoms. The van der Waals surface area contributed by atoms with Crippen molar-refractivity contribution in [3.05, 3.63) is 58.6 Å². The van der Waals surface area contributed by atoms with Crippen LogP contribution in [0.4, 0.5) is 25.0 Å². The average molecular weight is 369 g/mol. The zero-order valence-electron chi connectivity index (χ0n) is 14.1. The van der Waals surface area contributed by atoms with Crippen LogP contribution in [0.2, 0.25) is 5.02 Å². The van der Waals surface area contributed by atoms with Crippen LogP contribution in [-0.4, -0.2) is 11.7 Å². The topological polar surface area (TPSA) is 50.4 Å². The number of hydrogen-bond acceptors (Lipinski definition) is 3. The molecule has 0 aliphatic carbocycles. The van der Waals surface area contributed by atoms with Gasteiger partial charge in [-0.05, 0) is 56.7 Å². The molecular weight excluding hydrogens is 350 g/mol. The number of amides is 1. The summed E-state index contributed by atoms with van der Waals surface area (Å²) in [5.41, 5.74) is 0.537. The van der Waals surface area contributed by atoms with Crippen molar-refractivity contribution in [2.75, 3.05) is 10.6 Å². The van der Waals surface area contributed by atoms with Crippen molar-refractivity contribution in [1.82, 2.24) is 0 Å². The predicted molar refractivity (Wildman–Crippen MR) is 95.0 cm³/mol. The third-order valence-corrected chi connectivity index (χ3v) is 3.45. The van der Waals surface area contributed by atoms with Gasteiger partial charge in [-0.1, -0.05) is 17.7 Å². The van der Waals surface area contributed by atoms with E-state index in [1.807, 2.05) is 0 Å². The Morgan fingerprint density at radius 2 is 1.88 bits per heavy atom. The van der Waals surface area contributed by atoms with Crippen molar-refractivity contribution in [3.63, 3.8) is 0 Å². The van der Waals surface area contributed by atoms with Gasteiger partial charge in [0.2, 0.25) is 0 Å². The van der Waals surface area contributed by atoms with E-state index in [0.29, 0.717) is 11.3 Å². The maximum atomic E-state index is 13.9. The second kappa shape index (κ2) is 7.70. The van der Waals surface area contributed by atoms with Gasteiger partial charge in [-0.3, -0.25) is 5.32 Å². The van der Waals surface area contributed by atoms with Crippen LogP contribution in [0.3, 0.4) is 0 Å². The normalized spacial score (nSPS) is 11.1. The molecule has 0 heterocycles. The third-order valence-electron chi connectivity index (χ3n) is 3.10. The molecule has 0 aliphatic heterocycles. The highest BCUT2D eigenvalue weighted by Crippen LogP contribution is 2.23. The molecule has 134 valence electrons. The number of nitrogens with one attached hydrogen (secondary N) is 2. The van der Waals surface area contributed by atoms with Gasteiger partial charge in [-0.25, -0.2) is 13.6 Å². The van der Waals surface area contributed by atoms with E-state index in [1.54, 1.807) is 20.8 Å². The van der Waals surface area contributed by atoms with Gasteiger partial charge in [-0.15, -0.1) is 0 Å². The van der Waals surface area contributed by atoms with Crippen molar-refractivity contribution >= 4 is 29.1 Å². The second-order valence-electron chi connectivity index (χ2n) is 6.41. The lowest BCUT2D eigenvalue weighted by molar-refractivity contribution is 0.0636. The summed E-state index contributed by atoms with van der Waals surface area (Å²) in [4.78, 5) is 11.8. The van der Waals surface area contributed by atoms with Crippen molar-refractivity contribution in [2.24, 2.45) is 0 Å². The first-order valence-electron chi connectivity index (χ1n) is 7.61. The minimum absolute atomic E-state index is 0.175. The van der Waals surface area contributed by atoms with Crippen LogP contribution < -0.4 is 10.6 Å². The Hall–Kier alpha value is -2.34. The lowest BCUT2D eigenvalue weighted by atomic mass is 10.2. The number of anilines is 2. The quantitative estimate of drug-likeness (QED) is 0.740. The summed E-state index contributed by atoms with van der Waals surface area (Å²) < 4.78 is 32.1. The number of halogens is 3. The van der Waals surface area contributed by atoms with E-state index >= 15 is 0 Å². The largest absolute Gasteiger partial charge is 0.444 e. The molecule has 0 aromatic heterocycles. The molecule has 0 radical (unpaired) electrons. The maximum absolute atomic E-state index is 13.9. The summed E-state index contributed by atoms with van der Waals surface area (Å²) in [6, 6.07) is 8.08. The van der Waals surface area contributed by atoms with Gasteiger partial charge in [-0.2, -0.15) is 0 Å². The van der Waals surface area contributed by atoms with Gasteiger partial charge < -0.3 is 10.1 Å². The van der Waals surface area contributed by atoms with E-state index < -0.39 is 23.3 Å². The number of rotatable bonds is 4. The van der Waals surface area contributed by atoms with Gasteiger partial charge in [0.05, 0.1) is 5.69 Å². The summed E-state index contributed by atoms with van der Waals surface area (Å²) in [6.45, 7) is 5.44. The van der Waals surface area contributed by atoms with Crippen LogP contribution >= 0.6 is 11.6 Å². The minimum atomic E-state index is -0.634. The molecule has 0 saturated carbocycles. The van der Waals surface area contributed by atoms with E-state index in [4.69, 9.17) is 16.3 Å². The lowest BCUT2D eigenvalue weighted by Gasteiger charge is -2.20. The molecule has 0 aliphatic rings. The Bertz CT molecular complexity index is 776. The molecule has 2 aromatic carbocycles. The third kappa shape index (κ3) is 5.90. The molecule has 2 aromatic rings. The predicted octanol–water partition coefficient (Wildman–Crippen LogP) is 5.58. The zero-order chi connectivity index (χ0) is 18.6. The fraction of sp³-hybridized carbons (Fsp3) is 0.278. The SMILES string of the molecule is CC(C)(C)OC(=O)Nc1ccc(F)c(NCc2ccc(F)cc2Cl)c1. The van der Waals surface area contributed by atoms with Crippen LogP contribution in [-0.2, 0) is 11.3 Å². The van der Waals surface area contributed by atoms with E-state index in [-0.39, 0.29) is 17.3 Å². The number of carbonyl (C=O) groups excluding carboxylic acids is 1. The van der Waals surface area contributed by atoms with E-state index in [9.17, 15) is 13.6 Å². The molecule has 0 fully saturated rings. The maximum Gasteiger partial charge on any atom is 0.412 e. The molecule has 25 heavy (non-hydrogen) atoms. The van der Waals surface area contributed by atoms with Crippen molar-refractivity contribution < 1.29 is 18.3 Å². The first-order chi connectivity index (χ1) is 11.6. The summed E-state index contributed by atoms with van der Waals surface area (Å²) in [7, 11) is 0. The second-order valence-corrected chi connectivity index (χ2v) is 6.82. The van der Waals surface area contributed by atoms with Gasteiger partial charge >= 0.3 is 6.09 Å². The minimum Gasteiger partial charge on any atom is -0.444 e. The van der Waals surface area contributed by atoms with Crippen LogP contribution in [0, 0.1) is 11.6 Å². The number of ether oxygens (including phenoxy) is 1. The highest BCUT2D eigenvalue weighted by molar-refractivity contribution is 6.31. The fourth-order valence-electron chi connectivity index (χ4n) is 2.02. The molecule has 2 rings (SSSR count). The summed E-state index contributed by atoms with van der Waals surface area (Å²) in [5.74, 6) is -0.934. The van der Waals surface area contributed by atoms with Crippen LogP contribution in [0.5, 0.6) is 0 Å². The fourth-order valence-corrected chi connectivity index (χ4v) is 2.25. The zero-order valence-corrected chi connectivity index (χ0v) is 14.9. The first-order valence-corrected chi connectivity index (χ1v) is 7.99. The van der Waals surface area contributed by atoms with Gasteiger partial charge in [0.15, 0.2) is 0 Å². The Kier molecular flexibility index (Phi) is 5.85. The van der Waals surface area contributed by atoms with Crippen molar-refractivity contribution in [1.29, 1.82) is 0 Å². The van der Waals surface area contributed by atoms with E-state index in [2.05, 4.69) is 10.6 Å². The molecule has 1 amide bonds. The van der Waals surface area contributed by atoms with E-state index in [0.717, 1.165) is 0 Å². The van der Waals surface area contributed by atoms with Crippen molar-refractivity contribution in [3.8, 4) is 0 Å². The molecule has 4 nitrogen and oxygen atoms in total. The number of carbonyl (C=O) groups is 1. The van der Waals surface area contributed by atoms with Crippen LogP contribution in [0.15, 0.2) is 36.4 Å². The van der Waals surface area contributed by atoms with Gasteiger partial charge in [0, 0.05) is 17.3 Å². The molecule has 7 heteroatoms. The highest BCUT2D eigenvalue weighted by atomic mass is 35.5. The van der Waals surface area contributed by atoms with Crippen molar-refractivity contribution in [2.45, 2.75) is 32.9 Å². The molecule has 0 saturated heterocycles. The standard InChI is InChI=1S/C18H19ClF2N2O2/c1-18(2,3)25-17(24)23-13-6-7-15(21)16(9-13)22-10-11-4-5-12(20)8-14(11)19/h4-9,22H,10H2,1-3H3,(H,23,24). The Labute approximate surface area is 150 Å². The molecule has 0 spiro atoms. The molecule has 0 unspecified atom stereocenters. The summed E-state index contributed by atoms with van der Waals surface area (Å²) >= 11 is 5.95. The monoisotopic (exact) mass is 368 g/mol. The highest BCUT2D eigenvalue weighted by Gasteiger charge is 2.16. The molecular formula is C18H19ClF2N2O2. The Morgan fingerprint density at radius 3 is 2.52 bits per heavy atom. The first kappa shape index (κ1) is 19.0. The van der Waals surface area contributed by atoms with Crippen LogP contribution in [0.25, 0.3) is 0 Å². The lowest BCUT2D eigenvalue weighted by Crippen LogP contribution is -2.27. The van der Waals surface area contributed by atoms with E-state index in [1.165, 1.54) is 36.4 Å². The summed E-state index contributed by atoms with van der Waals surface area (Å²) in [5, 5.41) is 5.66. The Morgan fingerprint density at radius 1 is 1.16 bits per heavy atom. The summed E-state index contributed by atoms with van der Waals surface area (Å²) in [6.07, 6.45) is -0.633. The smallest absolute Gasteiger partial charge is 0.412 e. The molecule has 2 N–H and O–H groups in total. The van der Waals surface area contributed by atoms with Gasteiger partial charge in [0.25, 0.3) is 0 Å². The molecule has 0 atom stereocenters. The number of benzene rings is 2. The van der Waals surface area contributed by atoms with Gasteiger partial charge in [0.1, 0.15) is 17.2 Å². The van der Waals surface area contributed by atoms with Crippen LogP contribution in [0.1, 0.15) is 26.3 Å². The Balaban J connectivity index is 2.07. The average Bonchev–Trinajstić information content (AvgIpc) is 2.47.